The smallest absolute Gasteiger partial charge is 0.184 e. The molecule has 2 N–H and O–H groups in total. The minimum absolute atomic E-state index is 0.237. The number of aliphatic hydroxyl groups is 2. The molecule has 30 heavy (non-hydrogen) atoms. The van der Waals surface area contributed by atoms with Gasteiger partial charge in [-0.1, -0.05) is 30.3 Å². The Labute approximate surface area is 176 Å². The van der Waals surface area contributed by atoms with Crippen LogP contribution in [0, 0.1) is 0 Å². The van der Waals surface area contributed by atoms with E-state index in [2.05, 4.69) is 6.58 Å². The maximum atomic E-state index is 10.4. The molecule has 7 heteroatoms. The first-order valence-electron chi connectivity index (χ1n) is 9.69. The summed E-state index contributed by atoms with van der Waals surface area (Å²) in [6.07, 6.45) is -3.03. The Morgan fingerprint density at radius 2 is 1.47 bits per heavy atom. The standard InChI is InChI=1S/C23H28O7/c1-4-19(28-13-15-5-9-17(26-2)10-6-15)21-22(20(24)23(25)30-21)29-14-16-7-11-18(27-3)12-8-16/h4-12,19-25H,1,13-14H2,2-3H3/t19-,20+,21+,22+,23?/m0/s1. The van der Waals surface area contributed by atoms with Gasteiger partial charge in [0.1, 0.15) is 35.9 Å². The van der Waals surface area contributed by atoms with Gasteiger partial charge in [-0.05, 0) is 35.4 Å². The highest BCUT2D eigenvalue weighted by Crippen LogP contribution is 2.28. The van der Waals surface area contributed by atoms with Gasteiger partial charge in [0.05, 0.1) is 27.4 Å². The molecule has 1 heterocycles. The normalized spacial score (nSPS) is 24.4. The molecular formula is C23H28O7. The lowest BCUT2D eigenvalue weighted by atomic mass is 10.1. The van der Waals surface area contributed by atoms with Crippen molar-refractivity contribution in [1.82, 2.24) is 0 Å². The molecule has 1 fully saturated rings. The van der Waals surface area contributed by atoms with Gasteiger partial charge in [-0.25, -0.2) is 0 Å². The highest BCUT2D eigenvalue weighted by molar-refractivity contribution is 5.27. The molecule has 162 valence electrons. The average Bonchev–Trinajstić information content (AvgIpc) is 3.07. The molecule has 0 amide bonds. The first kappa shape index (κ1) is 22.3. The van der Waals surface area contributed by atoms with Crippen LogP contribution in [0.2, 0.25) is 0 Å². The third kappa shape index (κ3) is 5.38. The van der Waals surface area contributed by atoms with E-state index in [0.717, 1.165) is 22.6 Å². The number of aliphatic hydroxyl groups excluding tert-OH is 2. The Morgan fingerprint density at radius 1 is 0.933 bits per heavy atom. The second-order valence-electron chi connectivity index (χ2n) is 6.96. The maximum absolute atomic E-state index is 10.4. The summed E-state index contributed by atoms with van der Waals surface area (Å²) >= 11 is 0. The molecule has 0 radical (unpaired) electrons. The van der Waals surface area contributed by atoms with E-state index in [1.165, 1.54) is 0 Å². The Morgan fingerprint density at radius 3 is 1.97 bits per heavy atom. The van der Waals surface area contributed by atoms with Crippen LogP contribution in [0.25, 0.3) is 0 Å². The zero-order chi connectivity index (χ0) is 21.5. The Balaban J connectivity index is 1.62. The molecule has 1 aliphatic rings. The van der Waals surface area contributed by atoms with Crippen molar-refractivity contribution < 1.29 is 33.9 Å². The number of benzene rings is 2. The summed E-state index contributed by atoms with van der Waals surface area (Å²) in [6, 6.07) is 14.9. The molecule has 1 saturated heterocycles. The molecule has 0 bridgehead atoms. The van der Waals surface area contributed by atoms with Crippen molar-refractivity contribution in [3.05, 3.63) is 72.3 Å². The third-order valence-electron chi connectivity index (χ3n) is 5.01. The third-order valence-corrected chi connectivity index (χ3v) is 5.01. The fourth-order valence-electron chi connectivity index (χ4n) is 3.26. The topological polar surface area (TPSA) is 86.6 Å². The molecule has 2 aromatic carbocycles. The minimum Gasteiger partial charge on any atom is -0.497 e. The second-order valence-corrected chi connectivity index (χ2v) is 6.96. The lowest BCUT2D eigenvalue weighted by molar-refractivity contribution is -0.149. The van der Waals surface area contributed by atoms with Gasteiger partial charge in [0.2, 0.25) is 0 Å². The van der Waals surface area contributed by atoms with Crippen LogP contribution >= 0.6 is 0 Å². The van der Waals surface area contributed by atoms with Crippen molar-refractivity contribution >= 4 is 0 Å². The second kappa shape index (κ2) is 10.6. The van der Waals surface area contributed by atoms with E-state index in [4.69, 9.17) is 23.7 Å². The summed E-state index contributed by atoms with van der Waals surface area (Å²) in [5, 5.41) is 20.4. The van der Waals surface area contributed by atoms with Gasteiger partial charge < -0.3 is 33.9 Å². The molecule has 1 unspecified atom stereocenters. The van der Waals surface area contributed by atoms with Gasteiger partial charge in [-0.2, -0.15) is 0 Å². The van der Waals surface area contributed by atoms with E-state index in [9.17, 15) is 10.2 Å². The van der Waals surface area contributed by atoms with E-state index >= 15 is 0 Å². The predicted octanol–water partition coefficient (Wildman–Crippen LogP) is 2.44. The van der Waals surface area contributed by atoms with E-state index in [1.54, 1.807) is 20.3 Å². The largest absolute Gasteiger partial charge is 0.497 e. The van der Waals surface area contributed by atoms with Crippen molar-refractivity contribution in [3.8, 4) is 11.5 Å². The molecule has 7 nitrogen and oxygen atoms in total. The van der Waals surface area contributed by atoms with Gasteiger partial charge in [-0.15, -0.1) is 6.58 Å². The molecular weight excluding hydrogens is 388 g/mol. The van der Waals surface area contributed by atoms with Crippen LogP contribution in [-0.4, -0.2) is 55.1 Å². The summed E-state index contributed by atoms with van der Waals surface area (Å²) in [6.45, 7) is 4.35. The van der Waals surface area contributed by atoms with Gasteiger partial charge in [0.15, 0.2) is 6.29 Å². The molecule has 3 rings (SSSR count). The van der Waals surface area contributed by atoms with Crippen molar-refractivity contribution in [3.63, 3.8) is 0 Å². The number of hydrogen-bond acceptors (Lipinski definition) is 7. The number of rotatable bonds is 10. The first-order chi connectivity index (χ1) is 14.5. The SMILES string of the molecule is C=C[C@H](OCc1ccc(OC)cc1)[C@H]1OC(O)[C@H](O)[C@H]1OCc1ccc(OC)cc1. The Hall–Kier alpha value is -2.42. The van der Waals surface area contributed by atoms with E-state index in [0.29, 0.717) is 6.61 Å². The summed E-state index contributed by atoms with van der Waals surface area (Å²) in [4.78, 5) is 0. The van der Waals surface area contributed by atoms with Crippen LogP contribution in [0.3, 0.4) is 0 Å². The molecule has 1 aliphatic heterocycles. The quantitative estimate of drug-likeness (QED) is 0.575. The first-order valence-corrected chi connectivity index (χ1v) is 9.69. The summed E-state index contributed by atoms with van der Waals surface area (Å²) < 4.78 is 27.7. The number of ether oxygens (including phenoxy) is 5. The Bertz CT molecular complexity index is 790. The summed E-state index contributed by atoms with van der Waals surface area (Å²) in [5.74, 6) is 1.51. The lowest BCUT2D eigenvalue weighted by Crippen LogP contribution is -2.41. The highest BCUT2D eigenvalue weighted by Gasteiger charge is 2.47. The monoisotopic (exact) mass is 416 g/mol. The van der Waals surface area contributed by atoms with Crippen LogP contribution in [0.4, 0.5) is 0 Å². The van der Waals surface area contributed by atoms with Crippen molar-refractivity contribution in [2.45, 2.75) is 43.9 Å². The van der Waals surface area contributed by atoms with Crippen LogP contribution in [-0.2, 0) is 27.4 Å². The van der Waals surface area contributed by atoms with E-state index < -0.39 is 30.7 Å². The molecule has 5 atom stereocenters. The van der Waals surface area contributed by atoms with E-state index in [-0.39, 0.29) is 6.61 Å². The Kier molecular flexibility index (Phi) is 7.84. The molecule has 0 aromatic heterocycles. The minimum atomic E-state index is -1.36. The van der Waals surface area contributed by atoms with Gasteiger partial charge >= 0.3 is 0 Å². The van der Waals surface area contributed by atoms with E-state index in [1.807, 2.05) is 48.5 Å². The van der Waals surface area contributed by atoms with Crippen LogP contribution < -0.4 is 9.47 Å². The number of hydrogen-bond donors (Lipinski definition) is 2. The average molecular weight is 416 g/mol. The van der Waals surface area contributed by atoms with Gasteiger partial charge in [0.25, 0.3) is 0 Å². The van der Waals surface area contributed by atoms with Gasteiger partial charge in [-0.3, -0.25) is 0 Å². The molecule has 0 aliphatic carbocycles. The molecule has 0 saturated carbocycles. The van der Waals surface area contributed by atoms with Crippen molar-refractivity contribution in [2.75, 3.05) is 14.2 Å². The molecule has 0 spiro atoms. The molecule has 2 aromatic rings. The lowest BCUT2D eigenvalue weighted by Gasteiger charge is -2.26. The number of methoxy groups -OCH3 is 2. The van der Waals surface area contributed by atoms with Crippen molar-refractivity contribution in [2.24, 2.45) is 0 Å². The van der Waals surface area contributed by atoms with Crippen molar-refractivity contribution in [1.29, 1.82) is 0 Å². The fourth-order valence-corrected chi connectivity index (χ4v) is 3.26. The van der Waals surface area contributed by atoms with Crippen LogP contribution in [0.1, 0.15) is 11.1 Å². The highest BCUT2D eigenvalue weighted by atomic mass is 16.7. The summed E-state index contributed by atoms with van der Waals surface area (Å²) in [5.41, 5.74) is 1.84. The maximum Gasteiger partial charge on any atom is 0.184 e. The summed E-state index contributed by atoms with van der Waals surface area (Å²) in [7, 11) is 3.21. The van der Waals surface area contributed by atoms with Gasteiger partial charge in [0, 0.05) is 0 Å². The zero-order valence-corrected chi connectivity index (χ0v) is 17.1. The predicted molar refractivity (Wildman–Crippen MR) is 110 cm³/mol. The zero-order valence-electron chi connectivity index (χ0n) is 17.1. The van der Waals surface area contributed by atoms with Crippen LogP contribution in [0.5, 0.6) is 11.5 Å². The fraction of sp³-hybridized carbons (Fsp3) is 0.391. The van der Waals surface area contributed by atoms with Crippen LogP contribution in [0.15, 0.2) is 61.2 Å².